The van der Waals surface area contributed by atoms with Crippen LogP contribution in [0.2, 0.25) is 0 Å². The van der Waals surface area contributed by atoms with Crippen molar-refractivity contribution in [3.63, 3.8) is 0 Å². The smallest absolute Gasteiger partial charge is 0.167 e. The minimum Gasteiger partial charge on any atom is -0.394 e. The minimum absolute atomic E-state index is 0.284. The molecule has 1 saturated carbocycles. The van der Waals surface area contributed by atoms with Crippen molar-refractivity contribution in [1.29, 1.82) is 0 Å². The highest BCUT2D eigenvalue weighted by Crippen LogP contribution is 2.34. The second-order valence-electron chi connectivity index (χ2n) is 6.96. The van der Waals surface area contributed by atoms with E-state index in [0.717, 1.165) is 12.8 Å². The number of hydrogen-bond donors (Lipinski definition) is 3. The monoisotopic (exact) mass is 363 g/mol. The van der Waals surface area contributed by atoms with Crippen molar-refractivity contribution in [1.82, 2.24) is 19.5 Å². The fourth-order valence-electron chi connectivity index (χ4n) is 3.93. The molecule has 0 radical (unpaired) electrons. The van der Waals surface area contributed by atoms with Gasteiger partial charge in [-0.3, -0.25) is 4.57 Å². The van der Waals surface area contributed by atoms with E-state index >= 15 is 0 Å². The quantitative estimate of drug-likeness (QED) is 0.716. The van der Waals surface area contributed by atoms with Gasteiger partial charge in [-0.1, -0.05) is 19.3 Å². The number of methoxy groups -OCH3 is 1. The molecule has 9 nitrogen and oxygen atoms in total. The van der Waals surface area contributed by atoms with Gasteiger partial charge in [-0.15, -0.1) is 0 Å². The van der Waals surface area contributed by atoms with Crippen LogP contribution in [-0.4, -0.2) is 67.8 Å². The third-order valence-corrected chi connectivity index (χ3v) is 5.34. The van der Waals surface area contributed by atoms with Crippen LogP contribution >= 0.6 is 0 Å². The molecule has 26 heavy (non-hydrogen) atoms. The number of aliphatic hydroxyl groups excluding tert-OH is 2. The molecule has 3 heterocycles. The zero-order chi connectivity index (χ0) is 18.1. The van der Waals surface area contributed by atoms with Crippen molar-refractivity contribution in [2.45, 2.75) is 62.7 Å². The molecule has 3 N–H and O–H groups in total. The maximum Gasteiger partial charge on any atom is 0.167 e. The molecule has 4 atom stereocenters. The maximum absolute atomic E-state index is 10.3. The van der Waals surface area contributed by atoms with E-state index in [1.807, 2.05) is 0 Å². The van der Waals surface area contributed by atoms with Crippen molar-refractivity contribution in [2.24, 2.45) is 0 Å². The first-order valence-electron chi connectivity index (χ1n) is 9.14. The highest BCUT2D eigenvalue weighted by molar-refractivity contribution is 5.82. The van der Waals surface area contributed by atoms with E-state index in [0.29, 0.717) is 23.0 Å². The van der Waals surface area contributed by atoms with Crippen molar-refractivity contribution < 1.29 is 19.7 Å². The van der Waals surface area contributed by atoms with Crippen LogP contribution in [0.3, 0.4) is 0 Å². The average Bonchev–Trinajstić information content (AvgIpc) is 3.23. The standard InChI is InChI=1S/C17H25N5O4/c1-25-14-13(24)11(7-23)26-17(14)22-9-20-12-15(18-8-19-16(12)22)21-10-5-3-2-4-6-10/h8-11,13-14,17,23-24H,2-7H2,1H3,(H,18,19,21)/t11-,13+,14?,17-/m1/s1. The first kappa shape index (κ1) is 17.6. The molecule has 4 rings (SSSR count). The number of nitrogens with one attached hydrogen (secondary N) is 1. The number of fused-ring (bicyclic) bond motifs is 1. The normalized spacial score (nSPS) is 30.1. The number of rotatable bonds is 5. The zero-order valence-electron chi connectivity index (χ0n) is 14.8. The molecule has 1 aliphatic carbocycles. The van der Waals surface area contributed by atoms with Gasteiger partial charge in [0.2, 0.25) is 0 Å². The largest absolute Gasteiger partial charge is 0.394 e. The Kier molecular flexibility index (Phi) is 5.03. The summed E-state index contributed by atoms with van der Waals surface area (Å²) in [5.41, 5.74) is 1.27. The van der Waals surface area contributed by atoms with E-state index in [-0.39, 0.29) is 6.61 Å². The first-order chi connectivity index (χ1) is 12.7. The zero-order valence-corrected chi connectivity index (χ0v) is 14.8. The third-order valence-electron chi connectivity index (χ3n) is 5.34. The summed E-state index contributed by atoms with van der Waals surface area (Å²) >= 11 is 0. The van der Waals surface area contributed by atoms with Crippen LogP contribution in [0.1, 0.15) is 38.3 Å². The summed E-state index contributed by atoms with van der Waals surface area (Å²) in [6, 6.07) is 0.405. The second-order valence-corrected chi connectivity index (χ2v) is 6.96. The van der Waals surface area contributed by atoms with Crippen LogP contribution in [0.4, 0.5) is 5.82 Å². The topological polar surface area (TPSA) is 115 Å². The highest BCUT2D eigenvalue weighted by atomic mass is 16.6. The molecule has 2 aliphatic rings. The summed E-state index contributed by atoms with van der Waals surface area (Å²) < 4.78 is 12.9. The predicted octanol–water partition coefficient (Wildman–Crippen LogP) is 0.836. The van der Waals surface area contributed by atoms with Crippen molar-refractivity contribution >= 4 is 17.0 Å². The number of aliphatic hydroxyl groups is 2. The van der Waals surface area contributed by atoms with Gasteiger partial charge in [0, 0.05) is 13.2 Å². The van der Waals surface area contributed by atoms with Crippen LogP contribution in [-0.2, 0) is 9.47 Å². The first-order valence-corrected chi connectivity index (χ1v) is 9.14. The lowest BCUT2D eigenvalue weighted by Gasteiger charge is -2.23. The van der Waals surface area contributed by atoms with Crippen molar-refractivity contribution in [3.8, 4) is 0 Å². The predicted molar refractivity (Wildman–Crippen MR) is 93.6 cm³/mol. The molecular formula is C17H25N5O4. The van der Waals surface area contributed by atoms with Crippen molar-refractivity contribution in [3.05, 3.63) is 12.7 Å². The lowest BCUT2D eigenvalue weighted by molar-refractivity contribution is -0.0583. The molecule has 2 fully saturated rings. The Morgan fingerprint density at radius 2 is 2.08 bits per heavy atom. The highest BCUT2D eigenvalue weighted by Gasteiger charge is 2.45. The van der Waals surface area contributed by atoms with E-state index in [1.165, 1.54) is 32.7 Å². The van der Waals surface area contributed by atoms with Gasteiger partial charge >= 0.3 is 0 Å². The Morgan fingerprint density at radius 3 is 2.81 bits per heavy atom. The van der Waals surface area contributed by atoms with Gasteiger partial charge in [0.25, 0.3) is 0 Å². The Bertz CT molecular complexity index is 748. The molecule has 0 amide bonds. The molecule has 1 aliphatic heterocycles. The molecule has 142 valence electrons. The van der Waals surface area contributed by atoms with E-state index in [4.69, 9.17) is 9.47 Å². The summed E-state index contributed by atoms with van der Waals surface area (Å²) in [5, 5.41) is 23.2. The van der Waals surface area contributed by atoms with Gasteiger partial charge in [-0.05, 0) is 12.8 Å². The third kappa shape index (κ3) is 3.05. The summed E-state index contributed by atoms with van der Waals surface area (Å²) in [6.07, 6.45) is 6.27. The van der Waals surface area contributed by atoms with Crippen molar-refractivity contribution in [2.75, 3.05) is 19.0 Å². The fourth-order valence-corrected chi connectivity index (χ4v) is 3.93. The molecule has 9 heteroatoms. The van der Waals surface area contributed by atoms with Crippen LogP contribution in [0.25, 0.3) is 11.2 Å². The lowest BCUT2D eigenvalue weighted by atomic mass is 9.95. The van der Waals surface area contributed by atoms with E-state index in [2.05, 4.69) is 20.3 Å². The summed E-state index contributed by atoms with van der Waals surface area (Å²) in [5.74, 6) is 0.715. The molecule has 2 aromatic heterocycles. The molecule has 1 saturated heterocycles. The summed E-state index contributed by atoms with van der Waals surface area (Å²) in [4.78, 5) is 13.2. The number of hydrogen-bond acceptors (Lipinski definition) is 8. The average molecular weight is 363 g/mol. The number of anilines is 1. The number of aromatic nitrogens is 4. The summed E-state index contributed by atoms with van der Waals surface area (Å²) in [7, 11) is 1.51. The number of imidazole rings is 1. The second kappa shape index (κ2) is 7.43. The van der Waals surface area contributed by atoms with Gasteiger partial charge in [0.1, 0.15) is 24.6 Å². The van der Waals surface area contributed by atoms with Crippen LogP contribution in [0, 0.1) is 0 Å². The Morgan fingerprint density at radius 1 is 1.27 bits per heavy atom. The molecule has 1 unspecified atom stereocenters. The molecule has 0 spiro atoms. The van der Waals surface area contributed by atoms with E-state index in [9.17, 15) is 10.2 Å². The minimum atomic E-state index is -0.922. The van der Waals surface area contributed by atoms with E-state index < -0.39 is 24.5 Å². The van der Waals surface area contributed by atoms with Gasteiger partial charge in [0.15, 0.2) is 23.2 Å². The lowest BCUT2D eigenvalue weighted by Crippen LogP contribution is -2.34. The summed E-state index contributed by atoms with van der Waals surface area (Å²) in [6.45, 7) is -0.284. The van der Waals surface area contributed by atoms with Gasteiger partial charge in [-0.2, -0.15) is 0 Å². The Balaban J connectivity index is 1.64. The fraction of sp³-hybridized carbons (Fsp3) is 0.706. The van der Waals surface area contributed by atoms with Crippen LogP contribution in [0.15, 0.2) is 12.7 Å². The molecule has 0 bridgehead atoms. The Hall–Kier alpha value is -1.81. The van der Waals surface area contributed by atoms with Gasteiger partial charge in [-0.25, -0.2) is 15.0 Å². The Labute approximate surface area is 151 Å². The number of ether oxygens (including phenoxy) is 2. The molecule has 2 aromatic rings. The van der Waals surface area contributed by atoms with Gasteiger partial charge < -0.3 is 25.0 Å². The molecular weight excluding hydrogens is 338 g/mol. The van der Waals surface area contributed by atoms with E-state index in [1.54, 1.807) is 10.9 Å². The number of nitrogens with zero attached hydrogens (tertiary/aromatic N) is 4. The van der Waals surface area contributed by atoms with Crippen LogP contribution in [0.5, 0.6) is 0 Å². The maximum atomic E-state index is 10.3. The van der Waals surface area contributed by atoms with Crippen LogP contribution < -0.4 is 5.32 Å². The van der Waals surface area contributed by atoms with Gasteiger partial charge in [0.05, 0.1) is 12.9 Å². The SMILES string of the molecule is COC1[C@@H](O)[C@@H](CO)O[C@H]1n1cnc2c(NC3CCCCC3)ncnc21. The molecule has 0 aromatic carbocycles.